The molecule has 7 heteroatoms. The lowest BCUT2D eigenvalue weighted by Gasteiger charge is -2.10. The van der Waals surface area contributed by atoms with Gasteiger partial charge in [-0.05, 0) is 37.3 Å². The maximum absolute atomic E-state index is 12.6. The van der Waals surface area contributed by atoms with Crippen molar-refractivity contribution in [1.29, 1.82) is 0 Å². The van der Waals surface area contributed by atoms with Crippen LogP contribution in [0.1, 0.15) is 11.3 Å². The van der Waals surface area contributed by atoms with E-state index in [4.69, 9.17) is 4.42 Å². The van der Waals surface area contributed by atoms with Crippen LogP contribution in [0.15, 0.2) is 62.2 Å². The van der Waals surface area contributed by atoms with E-state index in [1.54, 1.807) is 23.7 Å². The largest absolute Gasteiger partial charge is 0.466 e. The Kier molecular flexibility index (Phi) is 4.60. The summed E-state index contributed by atoms with van der Waals surface area (Å²) in [5, 5.41) is 5.82. The van der Waals surface area contributed by atoms with Crippen LogP contribution in [0, 0.1) is 6.92 Å². The van der Waals surface area contributed by atoms with Crippen molar-refractivity contribution < 1.29 is 13.9 Å². The first-order valence-electron chi connectivity index (χ1n) is 8.47. The Labute approximate surface area is 168 Å². The third-order valence-electron chi connectivity index (χ3n) is 4.45. The van der Waals surface area contributed by atoms with Crippen molar-refractivity contribution in [3.05, 3.63) is 74.7 Å². The molecule has 0 saturated heterocycles. The molecule has 0 unspecified atom stereocenters. The summed E-state index contributed by atoms with van der Waals surface area (Å²) in [6, 6.07) is 12.9. The Morgan fingerprint density at radius 2 is 2.00 bits per heavy atom. The summed E-state index contributed by atoms with van der Waals surface area (Å²) in [5.74, 6) is -0.464. The fraction of sp³-hybridized carbons (Fsp3) is 0.0952. The molecule has 2 heterocycles. The number of esters is 1. The van der Waals surface area contributed by atoms with Crippen molar-refractivity contribution in [3.8, 4) is 5.69 Å². The molecule has 0 spiro atoms. The summed E-state index contributed by atoms with van der Waals surface area (Å²) in [6.07, 6.45) is 3.00. The lowest BCUT2D eigenvalue weighted by Crippen LogP contribution is -2.03. The molecule has 4 aromatic rings. The van der Waals surface area contributed by atoms with Gasteiger partial charge in [0.1, 0.15) is 11.0 Å². The van der Waals surface area contributed by atoms with Crippen LogP contribution in [-0.2, 0) is 9.53 Å². The summed E-state index contributed by atoms with van der Waals surface area (Å²) >= 11 is 3.53. The molecule has 6 nitrogen and oxygen atoms in total. The lowest BCUT2D eigenvalue weighted by molar-refractivity contribution is -0.134. The highest BCUT2D eigenvalue weighted by Gasteiger charge is 2.19. The number of hydrogen-bond donors (Lipinski definition) is 0. The zero-order valence-electron chi connectivity index (χ0n) is 15.1. The van der Waals surface area contributed by atoms with Crippen molar-refractivity contribution >= 4 is 49.8 Å². The second-order valence-corrected chi connectivity index (χ2v) is 6.99. The van der Waals surface area contributed by atoms with E-state index < -0.39 is 11.6 Å². The number of carbonyl (C=O) groups is 1. The van der Waals surface area contributed by atoms with Gasteiger partial charge in [-0.3, -0.25) is 0 Å². The summed E-state index contributed by atoms with van der Waals surface area (Å²) < 4.78 is 12.6. The smallest absolute Gasteiger partial charge is 0.347 e. The molecule has 0 aliphatic rings. The summed E-state index contributed by atoms with van der Waals surface area (Å²) in [4.78, 5) is 24.1. The molecule has 0 aliphatic heterocycles. The van der Waals surface area contributed by atoms with Crippen LogP contribution in [0.25, 0.3) is 33.6 Å². The Balaban J connectivity index is 2.09. The molecule has 0 aliphatic carbocycles. The third-order valence-corrected chi connectivity index (χ3v) is 5.15. The fourth-order valence-corrected chi connectivity index (χ4v) is 3.68. The Hall–Kier alpha value is -3.19. The molecule has 28 heavy (non-hydrogen) atoms. The Morgan fingerprint density at radius 3 is 2.79 bits per heavy atom. The summed E-state index contributed by atoms with van der Waals surface area (Å²) in [5.41, 5.74) is 2.73. The number of aromatic nitrogens is 2. The van der Waals surface area contributed by atoms with Gasteiger partial charge in [0.05, 0.1) is 24.0 Å². The van der Waals surface area contributed by atoms with Gasteiger partial charge in [-0.25, -0.2) is 14.3 Å². The number of nitrogens with zero attached hydrogens (tertiary/aromatic N) is 2. The van der Waals surface area contributed by atoms with Gasteiger partial charge < -0.3 is 9.15 Å². The maximum Gasteiger partial charge on any atom is 0.347 e. The zero-order valence-corrected chi connectivity index (χ0v) is 16.7. The van der Waals surface area contributed by atoms with Crippen LogP contribution in [0.5, 0.6) is 0 Å². The fourth-order valence-electron chi connectivity index (χ4n) is 3.19. The van der Waals surface area contributed by atoms with Gasteiger partial charge in [-0.15, -0.1) is 0 Å². The number of benzene rings is 2. The van der Waals surface area contributed by atoms with Crippen LogP contribution < -0.4 is 5.63 Å². The minimum absolute atomic E-state index is 0.431. The van der Waals surface area contributed by atoms with Gasteiger partial charge >= 0.3 is 11.6 Å². The van der Waals surface area contributed by atoms with Crippen molar-refractivity contribution in [1.82, 2.24) is 9.78 Å². The molecule has 2 aromatic heterocycles. The first-order valence-corrected chi connectivity index (χ1v) is 9.26. The molecule has 0 radical (unpaired) electrons. The van der Waals surface area contributed by atoms with Crippen molar-refractivity contribution in [2.45, 2.75) is 6.92 Å². The number of aryl methyl sites for hydroxylation is 1. The zero-order chi connectivity index (χ0) is 19.8. The molecular weight excluding hydrogens is 424 g/mol. The molecule has 4 rings (SSSR count). The van der Waals surface area contributed by atoms with E-state index in [1.165, 1.54) is 13.2 Å². The normalized spacial score (nSPS) is 11.5. The van der Waals surface area contributed by atoms with E-state index in [1.807, 2.05) is 36.4 Å². The maximum atomic E-state index is 12.6. The Bertz CT molecular complexity index is 1320. The lowest BCUT2D eigenvalue weighted by atomic mass is 10.1. The van der Waals surface area contributed by atoms with Gasteiger partial charge in [0.25, 0.3) is 0 Å². The van der Waals surface area contributed by atoms with Crippen LogP contribution in [0.2, 0.25) is 0 Å². The van der Waals surface area contributed by atoms with E-state index in [0.29, 0.717) is 27.9 Å². The molecule has 0 saturated carbocycles. The number of methoxy groups -OCH3 is 1. The number of para-hydroxylation sites is 1. The van der Waals surface area contributed by atoms with Gasteiger partial charge in [-0.1, -0.05) is 34.1 Å². The van der Waals surface area contributed by atoms with Crippen molar-refractivity contribution in [3.63, 3.8) is 0 Å². The van der Waals surface area contributed by atoms with Gasteiger partial charge in [0.2, 0.25) is 0 Å². The quantitative estimate of drug-likeness (QED) is 0.269. The molecule has 0 amide bonds. The standard InChI is InChI=1S/C21H15BrN2O4/c1-12-19-20(14-6-3-4-9-17(14)28-21(19)26)24(23-12)16-8-5-7-15(22)13(16)10-11-18(25)27-2/h3-11H,1-2H3/b11-10+. The number of fused-ring (bicyclic) bond motifs is 3. The molecule has 0 N–H and O–H groups in total. The highest BCUT2D eigenvalue weighted by atomic mass is 79.9. The van der Waals surface area contributed by atoms with E-state index >= 15 is 0 Å². The number of rotatable bonds is 3. The van der Waals surface area contributed by atoms with E-state index in [0.717, 1.165) is 15.4 Å². The summed E-state index contributed by atoms with van der Waals surface area (Å²) in [6.45, 7) is 1.77. The van der Waals surface area contributed by atoms with Crippen LogP contribution in [0.4, 0.5) is 0 Å². The van der Waals surface area contributed by atoms with Gasteiger partial charge in [-0.2, -0.15) is 5.10 Å². The Morgan fingerprint density at radius 1 is 1.21 bits per heavy atom. The number of halogens is 1. The molecule has 2 aromatic carbocycles. The predicted octanol–water partition coefficient (Wildman–Crippen LogP) is 4.39. The number of hydrogen-bond acceptors (Lipinski definition) is 5. The highest BCUT2D eigenvalue weighted by molar-refractivity contribution is 9.10. The number of ether oxygens (including phenoxy) is 1. The van der Waals surface area contributed by atoms with E-state index in [2.05, 4.69) is 25.8 Å². The molecule has 0 fully saturated rings. The topological polar surface area (TPSA) is 74.3 Å². The molecular formula is C21H15BrN2O4. The second kappa shape index (κ2) is 7.09. The van der Waals surface area contributed by atoms with E-state index in [-0.39, 0.29) is 0 Å². The minimum atomic E-state index is -0.464. The minimum Gasteiger partial charge on any atom is -0.466 e. The summed E-state index contributed by atoms with van der Waals surface area (Å²) in [7, 11) is 1.32. The average molecular weight is 439 g/mol. The van der Waals surface area contributed by atoms with Crippen LogP contribution >= 0.6 is 15.9 Å². The average Bonchev–Trinajstić information content (AvgIpc) is 3.04. The van der Waals surface area contributed by atoms with Crippen LogP contribution in [-0.4, -0.2) is 22.9 Å². The first kappa shape index (κ1) is 18.2. The van der Waals surface area contributed by atoms with Crippen LogP contribution in [0.3, 0.4) is 0 Å². The van der Waals surface area contributed by atoms with Crippen molar-refractivity contribution in [2.75, 3.05) is 7.11 Å². The van der Waals surface area contributed by atoms with Gasteiger partial charge in [0.15, 0.2) is 0 Å². The third kappa shape index (κ3) is 2.93. The monoisotopic (exact) mass is 438 g/mol. The molecule has 140 valence electrons. The first-order chi connectivity index (χ1) is 13.5. The van der Waals surface area contributed by atoms with Crippen molar-refractivity contribution in [2.24, 2.45) is 0 Å². The second-order valence-electron chi connectivity index (χ2n) is 6.14. The molecule has 0 atom stereocenters. The SMILES string of the molecule is COC(=O)/C=C/c1c(Br)cccc1-n1nc(C)c2c(=O)oc3ccccc3c21. The van der Waals surface area contributed by atoms with Gasteiger partial charge in [0, 0.05) is 21.5 Å². The number of carbonyl (C=O) groups excluding carboxylic acids is 1. The predicted molar refractivity (Wildman–Crippen MR) is 111 cm³/mol. The highest BCUT2D eigenvalue weighted by Crippen LogP contribution is 2.31. The molecule has 0 bridgehead atoms. The van der Waals surface area contributed by atoms with E-state index in [9.17, 15) is 9.59 Å².